The molecule has 0 saturated heterocycles. The predicted molar refractivity (Wildman–Crippen MR) is 89.3 cm³/mol. The zero-order chi connectivity index (χ0) is 17.4. The fourth-order valence-corrected chi connectivity index (χ4v) is 3.24. The lowest BCUT2D eigenvalue weighted by Gasteiger charge is -2.19. The van der Waals surface area contributed by atoms with Crippen LogP contribution in [0.1, 0.15) is 29.2 Å². The zero-order valence-electron chi connectivity index (χ0n) is 13.8. The molecule has 7 heteroatoms. The Morgan fingerprint density at radius 2 is 2.04 bits per heavy atom. The first-order valence-electron chi connectivity index (χ1n) is 7.62. The van der Waals surface area contributed by atoms with Crippen LogP contribution >= 0.6 is 0 Å². The molecule has 0 saturated carbocycles. The second-order valence-corrected chi connectivity index (χ2v) is 5.80. The van der Waals surface area contributed by atoms with Crippen molar-refractivity contribution in [1.82, 2.24) is 9.13 Å². The molecule has 2 aromatic rings. The van der Waals surface area contributed by atoms with Crippen LogP contribution < -0.4 is 21.3 Å². The Kier molecular flexibility index (Phi) is 3.89. The van der Waals surface area contributed by atoms with Gasteiger partial charge in [0.25, 0.3) is 5.56 Å². The molecule has 1 aromatic heterocycles. The van der Waals surface area contributed by atoms with E-state index < -0.39 is 11.2 Å². The number of methoxy groups -OCH3 is 1. The van der Waals surface area contributed by atoms with E-state index in [1.54, 1.807) is 14.2 Å². The van der Waals surface area contributed by atoms with Gasteiger partial charge in [-0.15, -0.1) is 0 Å². The number of anilines is 1. The van der Waals surface area contributed by atoms with Crippen molar-refractivity contribution in [3.05, 3.63) is 55.7 Å². The van der Waals surface area contributed by atoms with E-state index >= 15 is 0 Å². The van der Waals surface area contributed by atoms with Gasteiger partial charge in [0.05, 0.1) is 13.2 Å². The fourth-order valence-electron chi connectivity index (χ4n) is 3.24. The molecule has 7 nitrogen and oxygen atoms in total. The number of ether oxygens (including phenoxy) is 1. The third-order valence-electron chi connectivity index (χ3n) is 4.53. The van der Waals surface area contributed by atoms with Crippen LogP contribution in [-0.4, -0.2) is 16.2 Å². The average Bonchev–Trinajstić information content (AvgIpc) is 3.01. The summed E-state index contributed by atoms with van der Waals surface area (Å²) < 4.78 is 7.63. The normalized spacial score (nSPS) is 15.7. The Morgan fingerprint density at radius 1 is 1.29 bits per heavy atom. The summed E-state index contributed by atoms with van der Waals surface area (Å²) in [5, 5.41) is 12.6. The van der Waals surface area contributed by atoms with Gasteiger partial charge >= 0.3 is 5.69 Å². The minimum absolute atomic E-state index is 0.0593. The lowest BCUT2D eigenvalue weighted by molar-refractivity contribution is 0.410. The van der Waals surface area contributed by atoms with Gasteiger partial charge in [-0.3, -0.25) is 13.9 Å². The number of nitrogens with one attached hydrogen (secondary N) is 1. The lowest BCUT2D eigenvalue weighted by atomic mass is 10.1. The number of hydrogen-bond acceptors (Lipinski definition) is 5. The van der Waals surface area contributed by atoms with Crippen LogP contribution in [0.15, 0.2) is 27.8 Å². The minimum Gasteiger partial charge on any atom is -0.496 e. The van der Waals surface area contributed by atoms with Crippen LogP contribution in [0, 0.1) is 11.3 Å². The van der Waals surface area contributed by atoms with Crippen molar-refractivity contribution in [1.29, 1.82) is 5.26 Å². The fraction of sp³-hybridized carbons (Fsp3) is 0.353. The molecule has 0 radical (unpaired) electrons. The highest BCUT2D eigenvalue weighted by atomic mass is 16.5. The first-order valence-corrected chi connectivity index (χ1v) is 7.62. The molecule has 1 heterocycles. The summed E-state index contributed by atoms with van der Waals surface area (Å²) in [5.74, 6) is 1.08. The Balaban J connectivity index is 2.09. The summed E-state index contributed by atoms with van der Waals surface area (Å²) in [6, 6.07) is 7.64. The van der Waals surface area contributed by atoms with Crippen LogP contribution in [0.3, 0.4) is 0 Å². The number of aromatic nitrogens is 2. The van der Waals surface area contributed by atoms with Crippen LogP contribution in [0.4, 0.5) is 5.82 Å². The number of nitrogens with zero attached hydrogens (tertiary/aromatic N) is 3. The Labute approximate surface area is 138 Å². The van der Waals surface area contributed by atoms with Gasteiger partial charge in [0, 0.05) is 14.1 Å². The van der Waals surface area contributed by atoms with E-state index in [0.717, 1.165) is 34.3 Å². The maximum absolute atomic E-state index is 12.2. The molecule has 3 rings (SSSR count). The maximum atomic E-state index is 12.2. The van der Waals surface area contributed by atoms with E-state index in [9.17, 15) is 14.9 Å². The smallest absolute Gasteiger partial charge is 0.332 e. The van der Waals surface area contributed by atoms with Gasteiger partial charge < -0.3 is 10.1 Å². The van der Waals surface area contributed by atoms with Crippen LogP contribution in [0.2, 0.25) is 0 Å². The highest BCUT2D eigenvalue weighted by Gasteiger charge is 2.27. The SMILES string of the molecule is COc1cccc2c1CCC2Nc1c(C#N)c(=O)n(C)c(=O)n1C. The number of benzene rings is 1. The van der Waals surface area contributed by atoms with E-state index in [-0.39, 0.29) is 17.4 Å². The van der Waals surface area contributed by atoms with Gasteiger partial charge in [-0.2, -0.15) is 5.26 Å². The molecule has 1 aliphatic carbocycles. The Hall–Kier alpha value is -3.01. The van der Waals surface area contributed by atoms with Crippen molar-refractivity contribution in [2.75, 3.05) is 12.4 Å². The lowest BCUT2D eigenvalue weighted by Crippen LogP contribution is -2.40. The van der Waals surface area contributed by atoms with Crippen molar-refractivity contribution in [3.63, 3.8) is 0 Å². The van der Waals surface area contributed by atoms with E-state index in [1.165, 1.54) is 11.6 Å². The van der Waals surface area contributed by atoms with Gasteiger partial charge in [-0.1, -0.05) is 12.1 Å². The molecule has 1 aliphatic rings. The molecule has 0 spiro atoms. The number of hydrogen-bond donors (Lipinski definition) is 1. The van der Waals surface area contributed by atoms with Gasteiger partial charge in [0.15, 0.2) is 5.56 Å². The first kappa shape index (κ1) is 15.9. The second-order valence-electron chi connectivity index (χ2n) is 5.80. The topological polar surface area (TPSA) is 89.1 Å². The molecule has 1 N–H and O–H groups in total. The second kappa shape index (κ2) is 5.89. The molecule has 0 fully saturated rings. The van der Waals surface area contributed by atoms with Crippen molar-refractivity contribution in [2.45, 2.75) is 18.9 Å². The summed E-state index contributed by atoms with van der Waals surface area (Å²) in [6.45, 7) is 0. The van der Waals surface area contributed by atoms with Gasteiger partial charge in [0.2, 0.25) is 0 Å². The highest BCUT2D eigenvalue weighted by Crippen LogP contribution is 2.38. The third-order valence-corrected chi connectivity index (χ3v) is 4.53. The summed E-state index contributed by atoms with van der Waals surface area (Å²) in [7, 11) is 4.55. The minimum atomic E-state index is -0.591. The number of fused-ring (bicyclic) bond motifs is 1. The maximum Gasteiger partial charge on any atom is 0.332 e. The van der Waals surface area contributed by atoms with Crippen LogP contribution in [0.25, 0.3) is 0 Å². The summed E-state index contributed by atoms with van der Waals surface area (Å²) in [5.41, 5.74) is 1.06. The van der Waals surface area contributed by atoms with Crippen molar-refractivity contribution >= 4 is 5.82 Å². The van der Waals surface area contributed by atoms with Crippen molar-refractivity contribution < 1.29 is 4.74 Å². The van der Waals surface area contributed by atoms with Gasteiger partial charge in [0.1, 0.15) is 17.6 Å². The molecule has 0 amide bonds. The van der Waals surface area contributed by atoms with Gasteiger partial charge in [-0.25, -0.2) is 4.79 Å². The average molecular weight is 326 g/mol. The molecule has 124 valence electrons. The quantitative estimate of drug-likeness (QED) is 0.911. The molecular formula is C17H18N4O3. The predicted octanol–water partition coefficient (Wildman–Crippen LogP) is 1.06. The molecule has 1 aromatic carbocycles. The van der Waals surface area contributed by atoms with E-state index in [1.807, 2.05) is 24.3 Å². The summed E-state index contributed by atoms with van der Waals surface area (Å²) >= 11 is 0. The molecule has 0 bridgehead atoms. The van der Waals surface area contributed by atoms with Crippen molar-refractivity contribution in [2.24, 2.45) is 14.1 Å². The monoisotopic (exact) mass is 326 g/mol. The summed E-state index contributed by atoms with van der Waals surface area (Å²) in [6.07, 6.45) is 1.63. The van der Waals surface area contributed by atoms with Crippen molar-refractivity contribution in [3.8, 4) is 11.8 Å². The van der Waals surface area contributed by atoms with E-state index in [4.69, 9.17) is 4.74 Å². The molecular weight excluding hydrogens is 308 g/mol. The van der Waals surface area contributed by atoms with Crippen LogP contribution in [0.5, 0.6) is 5.75 Å². The van der Waals surface area contributed by atoms with E-state index in [2.05, 4.69) is 5.32 Å². The van der Waals surface area contributed by atoms with Gasteiger partial charge in [-0.05, 0) is 30.0 Å². The standard InChI is InChI=1S/C17H18N4O3/c1-20-15(12(9-18)16(22)21(2)17(20)23)19-13-8-7-11-10(13)5-4-6-14(11)24-3/h4-6,13,19H,7-8H2,1-3H3. The zero-order valence-corrected chi connectivity index (χ0v) is 13.8. The molecule has 24 heavy (non-hydrogen) atoms. The largest absolute Gasteiger partial charge is 0.496 e. The Morgan fingerprint density at radius 3 is 2.71 bits per heavy atom. The van der Waals surface area contributed by atoms with Crippen LogP contribution in [-0.2, 0) is 20.5 Å². The molecule has 1 atom stereocenters. The summed E-state index contributed by atoms with van der Waals surface area (Å²) in [4.78, 5) is 24.3. The van der Waals surface area contributed by atoms with E-state index in [0.29, 0.717) is 0 Å². The third kappa shape index (κ3) is 2.27. The Bertz CT molecular complexity index is 966. The highest BCUT2D eigenvalue weighted by molar-refractivity contribution is 5.55. The number of rotatable bonds is 3. The first-order chi connectivity index (χ1) is 11.5. The molecule has 0 aliphatic heterocycles. The molecule has 1 unspecified atom stereocenters. The number of nitriles is 1.